The van der Waals surface area contributed by atoms with Gasteiger partial charge in [-0.1, -0.05) is 0 Å². The van der Waals surface area contributed by atoms with Gasteiger partial charge in [-0.2, -0.15) is 0 Å². The number of nitrogens with zero attached hydrogens (tertiary/aromatic N) is 1. The summed E-state index contributed by atoms with van der Waals surface area (Å²) in [7, 11) is -3.80. The summed E-state index contributed by atoms with van der Waals surface area (Å²) in [4.78, 5) is 27.2. The highest BCUT2D eigenvalue weighted by Gasteiger charge is 2.21. The Kier molecular flexibility index (Phi) is 8.04. The van der Waals surface area contributed by atoms with Crippen LogP contribution in [0.4, 0.5) is 11.4 Å². The molecule has 2 aromatic carbocycles. The van der Waals surface area contributed by atoms with Crippen molar-refractivity contribution in [2.24, 2.45) is 0 Å². The van der Waals surface area contributed by atoms with Crippen LogP contribution in [0.25, 0.3) is 0 Å². The van der Waals surface area contributed by atoms with Gasteiger partial charge < -0.3 is 24.1 Å². The molecule has 11 heteroatoms. The number of hydrogen-bond acceptors (Lipinski definition) is 8. The summed E-state index contributed by atoms with van der Waals surface area (Å²) >= 11 is 0. The molecule has 1 atom stereocenters. The highest BCUT2D eigenvalue weighted by Crippen LogP contribution is 2.19. The number of morpholine rings is 1. The quantitative estimate of drug-likeness (QED) is 0.418. The van der Waals surface area contributed by atoms with Gasteiger partial charge >= 0.3 is 5.97 Å². The minimum absolute atomic E-state index is 0.00168. The molecular formula is C25H27N3O7S. The van der Waals surface area contributed by atoms with Crippen LogP contribution in [0.15, 0.2) is 76.2 Å². The van der Waals surface area contributed by atoms with Crippen molar-refractivity contribution >= 4 is 33.3 Å². The number of rotatable bonds is 9. The van der Waals surface area contributed by atoms with Gasteiger partial charge in [0.15, 0.2) is 6.10 Å². The first kappa shape index (κ1) is 25.4. The Morgan fingerprint density at radius 2 is 1.72 bits per heavy atom. The molecule has 2 heterocycles. The third kappa shape index (κ3) is 6.51. The zero-order valence-electron chi connectivity index (χ0n) is 19.7. The lowest BCUT2D eigenvalue weighted by atomic mass is 10.2. The molecule has 1 amide bonds. The Bertz CT molecular complexity index is 1270. The Hall–Kier alpha value is -3.67. The van der Waals surface area contributed by atoms with Gasteiger partial charge in [-0.05, 0) is 67.6 Å². The lowest BCUT2D eigenvalue weighted by molar-refractivity contribution is -0.123. The molecule has 0 unspecified atom stereocenters. The van der Waals surface area contributed by atoms with Gasteiger partial charge in [-0.25, -0.2) is 17.9 Å². The van der Waals surface area contributed by atoms with Crippen molar-refractivity contribution < 1.29 is 31.9 Å². The Balaban J connectivity index is 1.29. The van der Waals surface area contributed by atoms with E-state index in [-0.39, 0.29) is 17.0 Å². The van der Waals surface area contributed by atoms with Gasteiger partial charge in [0, 0.05) is 24.5 Å². The number of anilines is 2. The number of carbonyl (C=O) groups is 2. The molecule has 0 radical (unpaired) electrons. The van der Waals surface area contributed by atoms with Crippen LogP contribution < -0.4 is 14.9 Å². The van der Waals surface area contributed by atoms with Crippen LogP contribution in [0.1, 0.15) is 23.0 Å². The number of amides is 1. The summed E-state index contributed by atoms with van der Waals surface area (Å²) in [6, 6.07) is 16.0. The Labute approximate surface area is 209 Å². The number of esters is 1. The van der Waals surface area contributed by atoms with Crippen molar-refractivity contribution in [1.82, 2.24) is 4.72 Å². The molecule has 1 saturated heterocycles. The van der Waals surface area contributed by atoms with Crippen molar-refractivity contribution in [3.63, 3.8) is 0 Å². The molecule has 1 fully saturated rings. The lowest BCUT2D eigenvalue weighted by Crippen LogP contribution is -2.36. The summed E-state index contributed by atoms with van der Waals surface area (Å²) in [6.45, 7) is 4.46. The number of sulfonamides is 1. The molecule has 4 rings (SSSR count). The van der Waals surface area contributed by atoms with Crippen LogP contribution in [0.2, 0.25) is 0 Å². The molecule has 1 aliphatic heterocycles. The van der Waals surface area contributed by atoms with E-state index in [0.29, 0.717) is 24.7 Å². The van der Waals surface area contributed by atoms with Crippen LogP contribution in [0.5, 0.6) is 0 Å². The smallest absolute Gasteiger partial charge is 0.338 e. The maximum atomic E-state index is 12.5. The van der Waals surface area contributed by atoms with Crippen molar-refractivity contribution in [3.8, 4) is 0 Å². The summed E-state index contributed by atoms with van der Waals surface area (Å²) in [6.07, 6.45) is 0.392. The molecule has 0 saturated carbocycles. The largest absolute Gasteiger partial charge is 0.468 e. The summed E-state index contributed by atoms with van der Waals surface area (Å²) in [5.74, 6) is -0.754. The van der Waals surface area contributed by atoms with Crippen molar-refractivity contribution in [3.05, 3.63) is 78.3 Å². The van der Waals surface area contributed by atoms with Crippen LogP contribution in [-0.4, -0.2) is 52.7 Å². The first-order chi connectivity index (χ1) is 17.3. The summed E-state index contributed by atoms with van der Waals surface area (Å²) in [5.41, 5.74) is 1.74. The third-order valence-electron chi connectivity index (χ3n) is 5.58. The van der Waals surface area contributed by atoms with E-state index in [2.05, 4.69) is 14.9 Å². The topological polar surface area (TPSA) is 127 Å². The highest BCUT2D eigenvalue weighted by atomic mass is 32.2. The van der Waals surface area contributed by atoms with E-state index in [1.54, 1.807) is 24.3 Å². The van der Waals surface area contributed by atoms with Crippen LogP contribution in [0.3, 0.4) is 0 Å². The SMILES string of the molecule is C[C@H](OC(=O)c1ccc(S(=O)(=O)NCc2ccco2)cc1)C(=O)Nc1ccc(N2CCOCC2)cc1. The number of ether oxygens (including phenoxy) is 2. The Morgan fingerprint density at radius 1 is 1.03 bits per heavy atom. The molecule has 1 aromatic heterocycles. The van der Waals surface area contributed by atoms with Crippen LogP contribution >= 0.6 is 0 Å². The van der Waals surface area contributed by atoms with Crippen LogP contribution in [0, 0.1) is 0 Å². The number of nitrogens with one attached hydrogen (secondary N) is 2. The zero-order chi connectivity index (χ0) is 25.5. The normalized spacial score (nSPS) is 14.8. The average molecular weight is 514 g/mol. The summed E-state index contributed by atoms with van der Waals surface area (Å²) in [5, 5.41) is 2.73. The average Bonchev–Trinajstić information content (AvgIpc) is 3.42. The standard InChI is InChI=1S/C25H27N3O7S/c1-18(24(29)27-20-6-8-21(9-7-20)28-12-15-33-16-13-28)35-25(30)19-4-10-23(11-5-19)36(31,32)26-17-22-3-2-14-34-22/h2-11,14,18,26H,12-13,15-17H2,1H3,(H,27,29)/t18-/m0/s1. The molecular weight excluding hydrogens is 486 g/mol. The van der Waals surface area contributed by atoms with Gasteiger partial charge in [0.1, 0.15) is 5.76 Å². The van der Waals surface area contributed by atoms with Gasteiger partial charge in [0.05, 0.1) is 36.5 Å². The maximum absolute atomic E-state index is 12.5. The molecule has 10 nitrogen and oxygen atoms in total. The van der Waals surface area contributed by atoms with Gasteiger partial charge in [-0.15, -0.1) is 0 Å². The molecule has 2 N–H and O–H groups in total. The Morgan fingerprint density at radius 3 is 2.36 bits per heavy atom. The zero-order valence-corrected chi connectivity index (χ0v) is 20.5. The fourth-order valence-electron chi connectivity index (χ4n) is 3.54. The lowest BCUT2D eigenvalue weighted by Gasteiger charge is -2.28. The van der Waals surface area contributed by atoms with E-state index < -0.39 is 28.0 Å². The predicted octanol–water partition coefficient (Wildman–Crippen LogP) is 2.78. The second kappa shape index (κ2) is 11.4. The van der Waals surface area contributed by atoms with Crippen molar-refractivity contribution in [2.75, 3.05) is 36.5 Å². The fourth-order valence-corrected chi connectivity index (χ4v) is 4.53. The van der Waals surface area contributed by atoms with Crippen molar-refractivity contribution in [1.29, 1.82) is 0 Å². The molecule has 0 bridgehead atoms. The van der Waals surface area contributed by atoms with Gasteiger partial charge in [0.2, 0.25) is 10.0 Å². The third-order valence-corrected chi connectivity index (χ3v) is 7.00. The monoisotopic (exact) mass is 513 g/mol. The summed E-state index contributed by atoms with van der Waals surface area (Å²) < 4.78 is 43.0. The maximum Gasteiger partial charge on any atom is 0.338 e. The second-order valence-electron chi connectivity index (χ2n) is 8.11. The number of furan rings is 1. The van der Waals surface area contributed by atoms with Crippen LogP contribution in [-0.2, 0) is 30.8 Å². The van der Waals surface area contributed by atoms with E-state index in [9.17, 15) is 18.0 Å². The highest BCUT2D eigenvalue weighted by molar-refractivity contribution is 7.89. The predicted molar refractivity (Wildman–Crippen MR) is 132 cm³/mol. The second-order valence-corrected chi connectivity index (χ2v) is 9.88. The van der Waals surface area contributed by atoms with E-state index in [1.807, 2.05) is 12.1 Å². The van der Waals surface area contributed by atoms with Gasteiger partial charge in [0.25, 0.3) is 5.91 Å². The number of carbonyl (C=O) groups excluding carboxylic acids is 2. The van der Waals surface area contributed by atoms with Gasteiger partial charge in [-0.3, -0.25) is 4.79 Å². The van der Waals surface area contributed by atoms with E-state index in [0.717, 1.165) is 18.8 Å². The first-order valence-corrected chi connectivity index (χ1v) is 12.9. The fraction of sp³-hybridized carbons (Fsp3) is 0.280. The van der Waals surface area contributed by atoms with E-state index >= 15 is 0 Å². The molecule has 0 spiro atoms. The number of hydrogen-bond donors (Lipinski definition) is 2. The molecule has 190 valence electrons. The first-order valence-electron chi connectivity index (χ1n) is 11.4. The molecule has 36 heavy (non-hydrogen) atoms. The number of benzene rings is 2. The molecule has 0 aliphatic carbocycles. The minimum atomic E-state index is -3.80. The minimum Gasteiger partial charge on any atom is -0.468 e. The van der Waals surface area contributed by atoms with E-state index in [4.69, 9.17) is 13.9 Å². The van der Waals surface area contributed by atoms with E-state index in [1.165, 1.54) is 37.5 Å². The van der Waals surface area contributed by atoms with Crippen molar-refractivity contribution in [2.45, 2.75) is 24.5 Å². The molecule has 3 aromatic rings. The molecule has 1 aliphatic rings.